The summed E-state index contributed by atoms with van der Waals surface area (Å²) in [4.78, 5) is 11.1. The summed E-state index contributed by atoms with van der Waals surface area (Å²) in [6, 6.07) is 10.2. The molecule has 0 aliphatic rings. The third-order valence-corrected chi connectivity index (χ3v) is 2.07. The smallest absolute Gasteiger partial charge is 0.221 e. The van der Waals surface area contributed by atoms with E-state index in [0.717, 1.165) is 13.1 Å². The summed E-state index contributed by atoms with van der Waals surface area (Å²) in [5.74, 6) is 0.109. The first-order valence-electron chi connectivity index (χ1n) is 5.34. The summed E-state index contributed by atoms with van der Waals surface area (Å²) in [6.45, 7) is 4.17. The van der Waals surface area contributed by atoms with Crippen LogP contribution < -0.4 is 10.6 Å². The molecule has 0 radical (unpaired) electrons. The highest BCUT2D eigenvalue weighted by molar-refractivity contribution is 5.75. The molecule has 1 amide bonds. The Balaban J connectivity index is 2.10. The van der Waals surface area contributed by atoms with Gasteiger partial charge in [-0.1, -0.05) is 30.3 Å². The molecule has 0 fully saturated rings. The van der Waals surface area contributed by atoms with Gasteiger partial charge in [-0.15, -0.1) is 0 Å². The molecule has 15 heavy (non-hydrogen) atoms. The molecule has 0 aliphatic carbocycles. The van der Waals surface area contributed by atoms with Crippen molar-refractivity contribution in [1.29, 1.82) is 0 Å². The summed E-state index contributed by atoms with van der Waals surface area (Å²) >= 11 is 0. The van der Waals surface area contributed by atoms with Crippen molar-refractivity contribution < 1.29 is 4.79 Å². The fraction of sp³-hybridized carbons (Fsp3) is 0.417. The maximum absolute atomic E-state index is 11.1. The molecular formula is C12H18N2O. The molecule has 0 aliphatic heterocycles. The van der Waals surface area contributed by atoms with Crippen molar-refractivity contribution in [3.63, 3.8) is 0 Å². The molecule has 0 saturated heterocycles. The molecule has 1 aromatic carbocycles. The SMILES string of the molecule is CCNC(=O)CCNCc1ccccc1. The van der Waals surface area contributed by atoms with Crippen molar-refractivity contribution in [1.82, 2.24) is 10.6 Å². The van der Waals surface area contributed by atoms with E-state index in [1.54, 1.807) is 0 Å². The first-order chi connectivity index (χ1) is 7.33. The molecule has 2 N–H and O–H groups in total. The highest BCUT2D eigenvalue weighted by Gasteiger charge is 1.97. The Bertz CT molecular complexity index is 285. The lowest BCUT2D eigenvalue weighted by Gasteiger charge is -2.04. The molecule has 3 heteroatoms. The number of hydrogen-bond acceptors (Lipinski definition) is 2. The number of carbonyl (C=O) groups is 1. The average molecular weight is 206 g/mol. The van der Waals surface area contributed by atoms with Crippen LogP contribution in [0.5, 0.6) is 0 Å². The van der Waals surface area contributed by atoms with Gasteiger partial charge >= 0.3 is 0 Å². The molecule has 1 aromatic rings. The van der Waals surface area contributed by atoms with Gasteiger partial charge in [-0.3, -0.25) is 4.79 Å². The summed E-state index contributed by atoms with van der Waals surface area (Å²) in [5.41, 5.74) is 1.24. The Kier molecular flexibility index (Phi) is 5.48. The van der Waals surface area contributed by atoms with Crippen LogP contribution in [0, 0.1) is 0 Å². The molecular weight excluding hydrogens is 188 g/mol. The van der Waals surface area contributed by atoms with Crippen molar-refractivity contribution in [2.45, 2.75) is 19.9 Å². The van der Waals surface area contributed by atoms with Crippen LogP contribution in [0.3, 0.4) is 0 Å². The molecule has 0 atom stereocenters. The average Bonchev–Trinajstić information content (AvgIpc) is 2.26. The van der Waals surface area contributed by atoms with Gasteiger partial charge < -0.3 is 10.6 Å². The van der Waals surface area contributed by atoms with Gasteiger partial charge in [0.25, 0.3) is 0 Å². The standard InChI is InChI=1S/C12H18N2O/c1-2-14-12(15)8-9-13-10-11-6-4-3-5-7-11/h3-7,13H,2,8-10H2,1H3,(H,14,15). The van der Waals surface area contributed by atoms with Gasteiger partial charge in [0.15, 0.2) is 0 Å². The van der Waals surface area contributed by atoms with Crippen LogP contribution >= 0.6 is 0 Å². The minimum atomic E-state index is 0.109. The summed E-state index contributed by atoms with van der Waals surface area (Å²) in [7, 11) is 0. The van der Waals surface area contributed by atoms with E-state index >= 15 is 0 Å². The zero-order valence-electron chi connectivity index (χ0n) is 9.12. The minimum Gasteiger partial charge on any atom is -0.356 e. The van der Waals surface area contributed by atoms with Gasteiger partial charge in [0.1, 0.15) is 0 Å². The first kappa shape index (κ1) is 11.7. The van der Waals surface area contributed by atoms with Gasteiger partial charge in [0.2, 0.25) is 5.91 Å². The molecule has 0 unspecified atom stereocenters. The highest BCUT2D eigenvalue weighted by atomic mass is 16.1. The molecule has 1 rings (SSSR count). The van der Waals surface area contributed by atoms with Crippen molar-refractivity contribution >= 4 is 5.91 Å². The monoisotopic (exact) mass is 206 g/mol. The number of amides is 1. The predicted octanol–water partition coefficient (Wildman–Crippen LogP) is 1.30. The van der Waals surface area contributed by atoms with E-state index in [9.17, 15) is 4.79 Å². The van der Waals surface area contributed by atoms with Crippen LogP contribution in [-0.2, 0) is 11.3 Å². The van der Waals surface area contributed by atoms with Gasteiger partial charge in [0, 0.05) is 26.1 Å². The Hall–Kier alpha value is -1.35. The minimum absolute atomic E-state index is 0.109. The van der Waals surface area contributed by atoms with E-state index in [0.29, 0.717) is 13.0 Å². The second-order valence-corrected chi connectivity index (χ2v) is 3.37. The van der Waals surface area contributed by atoms with E-state index in [1.807, 2.05) is 25.1 Å². The zero-order valence-corrected chi connectivity index (χ0v) is 9.12. The lowest BCUT2D eigenvalue weighted by Crippen LogP contribution is -2.27. The van der Waals surface area contributed by atoms with E-state index in [1.165, 1.54) is 5.56 Å². The van der Waals surface area contributed by atoms with Crippen molar-refractivity contribution in [3.05, 3.63) is 35.9 Å². The lowest BCUT2D eigenvalue weighted by atomic mass is 10.2. The number of benzene rings is 1. The van der Waals surface area contributed by atoms with Crippen LogP contribution in [0.25, 0.3) is 0 Å². The van der Waals surface area contributed by atoms with Crippen LogP contribution in [-0.4, -0.2) is 19.0 Å². The Morgan fingerprint density at radius 2 is 2.00 bits per heavy atom. The first-order valence-corrected chi connectivity index (χ1v) is 5.34. The topological polar surface area (TPSA) is 41.1 Å². The molecule has 0 heterocycles. The third kappa shape index (κ3) is 5.18. The quantitative estimate of drug-likeness (QED) is 0.689. The second kappa shape index (κ2) is 7.01. The van der Waals surface area contributed by atoms with E-state index in [-0.39, 0.29) is 5.91 Å². The molecule has 0 bridgehead atoms. The van der Waals surface area contributed by atoms with E-state index in [4.69, 9.17) is 0 Å². The summed E-state index contributed by atoms with van der Waals surface area (Å²) < 4.78 is 0. The Morgan fingerprint density at radius 3 is 2.67 bits per heavy atom. The number of rotatable bonds is 6. The predicted molar refractivity (Wildman–Crippen MR) is 61.4 cm³/mol. The van der Waals surface area contributed by atoms with Gasteiger partial charge in [-0.2, -0.15) is 0 Å². The van der Waals surface area contributed by atoms with Crippen LogP contribution in [0.1, 0.15) is 18.9 Å². The van der Waals surface area contributed by atoms with Gasteiger partial charge in [0.05, 0.1) is 0 Å². The summed E-state index contributed by atoms with van der Waals surface area (Å²) in [5, 5.41) is 6.00. The maximum Gasteiger partial charge on any atom is 0.221 e. The zero-order chi connectivity index (χ0) is 10.9. The van der Waals surface area contributed by atoms with Crippen LogP contribution in [0.4, 0.5) is 0 Å². The normalized spacial score (nSPS) is 9.93. The van der Waals surface area contributed by atoms with E-state index < -0.39 is 0 Å². The van der Waals surface area contributed by atoms with Gasteiger partial charge in [-0.25, -0.2) is 0 Å². The molecule has 0 aromatic heterocycles. The van der Waals surface area contributed by atoms with Crippen molar-refractivity contribution in [2.24, 2.45) is 0 Å². The third-order valence-electron chi connectivity index (χ3n) is 2.07. The van der Waals surface area contributed by atoms with E-state index in [2.05, 4.69) is 22.8 Å². The van der Waals surface area contributed by atoms with Crippen molar-refractivity contribution in [2.75, 3.05) is 13.1 Å². The molecule has 0 saturated carbocycles. The van der Waals surface area contributed by atoms with Crippen molar-refractivity contribution in [3.8, 4) is 0 Å². The second-order valence-electron chi connectivity index (χ2n) is 3.37. The molecule has 3 nitrogen and oxygen atoms in total. The number of hydrogen-bond donors (Lipinski definition) is 2. The van der Waals surface area contributed by atoms with Gasteiger partial charge in [-0.05, 0) is 12.5 Å². The fourth-order valence-corrected chi connectivity index (χ4v) is 1.32. The maximum atomic E-state index is 11.1. The van der Waals surface area contributed by atoms with Crippen LogP contribution in [0.15, 0.2) is 30.3 Å². The number of nitrogens with one attached hydrogen (secondary N) is 2. The summed E-state index contributed by atoms with van der Waals surface area (Å²) in [6.07, 6.45) is 0.542. The Morgan fingerprint density at radius 1 is 1.27 bits per heavy atom. The fourth-order valence-electron chi connectivity index (χ4n) is 1.32. The number of carbonyl (C=O) groups excluding carboxylic acids is 1. The van der Waals surface area contributed by atoms with Crippen LogP contribution in [0.2, 0.25) is 0 Å². The highest BCUT2D eigenvalue weighted by Crippen LogP contribution is 1.96. The molecule has 0 spiro atoms. The molecule has 82 valence electrons. The Labute approximate surface area is 90.9 Å². The lowest BCUT2D eigenvalue weighted by molar-refractivity contribution is -0.120. The largest absolute Gasteiger partial charge is 0.356 e.